The van der Waals surface area contributed by atoms with Gasteiger partial charge in [0.05, 0.1) is 41.7 Å². The number of fused-ring (bicyclic) bond motifs is 4. The average molecular weight is 656 g/mol. The number of hydrogen-bond donors (Lipinski definition) is 0. The van der Waals surface area contributed by atoms with Crippen molar-refractivity contribution in [1.29, 1.82) is 10.5 Å². The first-order chi connectivity index (χ1) is 24.6. The van der Waals surface area contributed by atoms with E-state index in [1.54, 1.807) is 5.57 Å². The fraction of sp³-hybridized carbons (Fsp3) is 0.378. The summed E-state index contributed by atoms with van der Waals surface area (Å²) in [5.41, 5.74) is 12.7. The summed E-state index contributed by atoms with van der Waals surface area (Å²) in [5.74, 6) is 1.16. The Balaban J connectivity index is 1.21. The molecule has 250 valence electrons. The van der Waals surface area contributed by atoms with Crippen LogP contribution < -0.4 is 9.80 Å². The third kappa shape index (κ3) is 4.78. The van der Waals surface area contributed by atoms with Crippen molar-refractivity contribution in [2.75, 3.05) is 16.8 Å². The Morgan fingerprint density at radius 2 is 1.66 bits per heavy atom. The maximum absolute atomic E-state index is 10.1. The second-order valence-corrected chi connectivity index (χ2v) is 15.2. The van der Waals surface area contributed by atoms with Gasteiger partial charge in [0.25, 0.3) is 0 Å². The van der Waals surface area contributed by atoms with Gasteiger partial charge in [-0.2, -0.15) is 10.5 Å². The number of anilines is 2. The molecule has 7 unspecified atom stereocenters. The van der Waals surface area contributed by atoms with Crippen molar-refractivity contribution in [3.63, 3.8) is 0 Å². The van der Waals surface area contributed by atoms with Gasteiger partial charge in [0.1, 0.15) is 0 Å². The summed E-state index contributed by atoms with van der Waals surface area (Å²) < 4.78 is 0. The molecule has 0 bridgehead atoms. The van der Waals surface area contributed by atoms with E-state index in [0.29, 0.717) is 12.0 Å². The van der Waals surface area contributed by atoms with Crippen LogP contribution in [0.1, 0.15) is 81.0 Å². The van der Waals surface area contributed by atoms with Crippen LogP contribution in [0.2, 0.25) is 0 Å². The summed E-state index contributed by atoms with van der Waals surface area (Å²) in [7, 11) is 2.21. The molecule has 0 aromatic heterocycles. The molecule has 5 nitrogen and oxygen atoms in total. The fourth-order valence-corrected chi connectivity index (χ4v) is 10.4. The zero-order valence-electron chi connectivity index (χ0n) is 29.2. The minimum atomic E-state index is 0.0657. The molecule has 0 amide bonds. The molecule has 0 radical (unpaired) electrons. The van der Waals surface area contributed by atoms with Crippen LogP contribution in [0.4, 0.5) is 11.4 Å². The SMILES string of the molecule is CC1C2=C(CCC1C#N)N(c1cc(C3CCC=C(c4ccccc4C#N)N3C)cc(N3C4=C(CCC=C4)C4CCC=CC43)c1)C1C=CC=CC21. The number of nitriles is 2. The molecule has 3 heterocycles. The van der Waals surface area contributed by atoms with Gasteiger partial charge in [0.15, 0.2) is 0 Å². The lowest BCUT2D eigenvalue weighted by molar-refractivity contribution is 0.323. The lowest BCUT2D eigenvalue weighted by atomic mass is 9.74. The second-order valence-electron chi connectivity index (χ2n) is 15.2. The van der Waals surface area contributed by atoms with Gasteiger partial charge >= 0.3 is 0 Å². The van der Waals surface area contributed by atoms with Crippen LogP contribution in [0.3, 0.4) is 0 Å². The van der Waals surface area contributed by atoms with Gasteiger partial charge in [-0.3, -0.25) is 0 Å². The summed E-state index contributed by atoms with van der Waals surface area (Å²) in [6.45, 7) is 2.28. The van der Waals surface area contributed by atoms with Gasteiger partial charge in [0.2, 0.25) is 0 Å². The number of benzene rings is 2. The monoisotopic (exact) mass is 655 g/mol. The molecule has 7 aliphatic rings. The standard InChI is InChI=1S/C45H45N5/c1-29-30(27-46)22-23-44-45(29)38-16-7-10-19-43(38)50(44)34-25-32(39-20-11-21-40(48(39)2)35-13-4-3-12-31(35)28-47)24-33(26-34)49-41-17-8-5-14-36(41)37-15-6-9-18-42(37)49/h3-4,7-10,12-13,16-19,21,24-26,29-30,36,38-39,41,43H,5-6,11,14-15,20,22-23H2,1-2H3. The van der Waals surface area contributed by atoms with Crippen LogP contribution in [0.15, 0.2) is 120 Å². The summed E-state index contributed by atoms with van der Waals surface area (Å²) in [4.78, 5) is 7.73. The largest absolute Gasteiger partial charge is 0.367 e. The highest BCUT2D eigenvalue weighted by molar-refractivity contribution is 5.74. The molecule has 0 saturated carbocycles. The molecule has 0 fully saturated rings. The number of hydrogen-bond acceptors (Lipinski definition) is 5. The van der Waals surface area contributed by atoms with E-state index >= 15 is 0 Å². The molecule has 7 atom stereocenters. The first-order valence-electron chi connectivity index (χ1n) is 18.8. The van der Waals surface area contributed by atoms with Crippen molar-refractivity contribution in [2.24, 2.45) is 23.7 Å². The Morgan fingerprint density at radius 3 is 2.52 bits per heavy atom. The quantitative estimate of drug-likeness (QED) is 0.307. The van der Waals surface area contributed by atoms with E-state index in [1.807, 2.05) is 18.2 Å². The zero-order valence-corrected chi connectivity index (χ0v) is 29.2. The lowest BCUT2D eigenvalue weighted by Crippen LogP contribution is -2.35. The second kappa shape index (κ2) is 12.4. The molecular formula is C45H45N5. The predicted molar refractivity (Wildman–Crippen MR) is 201 cm³/mol. The highest BCUT2D eigenvalue weighted by atomic mass is 15.2. The molecule has 4 aliphatic carbocycles. The van der Waals surface area contributed by atoms with E-state index in [4.69, 9.17) is 0 Å². The van der Waals surface area contributed by atoms with E-state index in [2.05, 4.69) is 120 Å². The van der Waals surface area contributed by atoms with Gasteiger partial charge in [-0.15, -0.1) is 0 Å². The summed E-state index contributed by atoms with van der Waals surface area (Å²) >= 11 is 0. The van der Waals surface area contributed by atoms with Crippen LogP contribution in [0, 0.1) is 46.3 Å². The van der Waals surface area contributed by atoms with Gasteiger partial charge < -0.3 is 14.7 Å². The van der Waals surface area contributed by atoms with Gasteiger partial charge in [-0.1, -0.05) is 73.7 Å². The van der Waals surface area contributed by atoms with Crippen molar-refractivity contribution < 1.29 is 0 Å². The number of allylic oxidation sites excluding steroid dienone is 7. The Labute approximate surface area is 297 Å². The Bertz CT molecular complexity index is 2040. The maximum atomic E-state index is 10.1. The first kappa shape index (κ1) is 31.0. The first-order valence-corrected chi connectivity index (χ1v) is 18.8. The van der Waals surface area contributed by atoms with Gasteiger partial charge in [0, 0.05) is 52.9 Å². The molecule has 2 aromatic rings. The minimum absolute atomic E-state index is 0.0657. The highest BCUT2D eigenvalue weighted by Crippen LogP contribution is 2.53. The number of rotatable bonds is 4. The van der Waals surface area contributed by atoms with E-state index in [0.717, 1.165) is 61.8 Å². The summed E-state index contributed by atoms with van der Waals surface area (Å²) in [6.07, 6.45) is 29.6. The van der Waals surface area contributed by atoms with Crippen LogP contribution in [-0.2, 0) is 0 Å². The molecule has 9 rings (SSSR count). The minimum Gasteiger partial charge on any atom is -0.367 e. The molecule has 2 aromatic carbocycles. The smallest absolute Gasteiger partial charge is 0.0998 e. The van der Waals surface area contributed by atoms with E-state index in [1.165, 1.54) is 40.3 Å². The third-order valence-corrected chi connectivity index (χ3v) is 12.7. The highest BCUT2D eigenvalue weighted by Gasteiger charge is 2.46. The van der Waals surface area contributed by atoms with Crippen molar-refractivity contribution in [3.8, 4) is 12.1 Å². The van der Waals surface area contributed by atoms with Crippen LogP contribution >= 0.6 is 0 Å². The lowest BCUT2D eigenvalue weighted by Gasteiger charge is -2.39. The maximum Gasteiger partial charge on any atom is 0.0998 e. The van der Waals surface area contributed by atoms with Crippen molar-refractivity contribution >= 4 is 17.1 Å². The van der Waals surface area contributed by atoms with E-state index in [-0.39, 0.29) is 29.8 Å². The molecule has 50 heavy (non-hydrogen) atoms. The zero-order chi connectivity index (χ0) is 33.9. The van der Waals surface area contributed by atoms with Crippen molar-refractivity contribution in [2.45, 2.75) is 76.4 Å². The van der Waals surface area contributed by atoms with Crippen molar-refractivity contribution in [1.82, 2.24) is 4.90 Å². The molecule has 0 spiro atoms. The van der Waals surface area contributed by atoms with E-state index < -0.39 is 0 Å². The molecule has 0 saturated heterocycles. The Hall–Kier alpha value is -5.00. The molecular weight excluding hydrogens is 611 g/mol. The molecule has 0 N–H and O–H groups in total. The Kier molecular flexibility index (Phi) is 7.69. The fourth-order valence-electron chi connectivity index (χ4n) is 10.4. The van der Waals surface area contributed by atoms with E-state index in [9.17, 15) is 10.5 Å². The van der Waals surface area contributed by atoms with Crippen LogP contribution in [0.5, 0.6) is 0 Å². The van der Waals surface area contributed by atoms with Crippen LogP contribution in [0.25, 0.3) is 5.70 Å². The topological polar surface area (TPSA) is 57.3 Å². The predicted octanol–water partition coefficient (Wildman–Crippen LogP) is 9.88. The third-order valence-electron chi connectivity index (χ3n) is 12.7. The Morgan fingerprint density at radius 1 is 0.820 bits per heavy atom. The molecule has 3 aliphatic heterocycles. The van der Waals surface area contributed by atoms with Crippen LogP contribution in [-0.4, -0.2) is 24.0 Å². The summed E-state index contributed by atoms with van der Waals surface area (Å²) in [5, 5.41) is 20.1. The number of nitrogens with zero attached hydrogens (tertiary/aromatic N) is 5. The summed E-state index contributed by atoms with van der Waals surface area (Å²) in [6, 6.07) is 21.3. The van der Waals surface area contributed by atoms with Gasteiger partial charge in [-0.25, -0.2) is 0 Å². The van der Waals surface area contributed by atoms with Crippen molar-refractivity contribution in [3.05, 3.63) is 136 Å². The average Bonchev–Trinajstić information content (AvgIpc) is 3.68. The van der Waals surface area contributed by atoms with Gasteiger partial charge in [-0.05, 0) is 104 Å². The normalized spacial score (nSPS) is 30.8. The molecule has 5 heteroatoms.